The monoisotopic (exact) mass is 371 g/mol. The summed E-state index contributed by atoms with van der Waals surface area (Å²) in [5, 5.41) is 7.55. The standard InChI is InChI=1S/C23H18NO2P/c25-27(21-13-3-1-4-14-21,22-15-5-2-6-16-22)26-24-18-20-12-9-11-19-10-7-8-17-23(19)20/h1-18H/b24-18+. The summed E-state index contributed by atoms with van der Waals surface area (Å²) in [6.07, 6.45) is 1.63. The maximum absolute atomic E-state index is 13.7. The van der Waals surface area contributed by atoms with E-state index in [4.69, 9.17) is 4.62 Å². The quantitative estimate of drug-likeness (QED) is 0.277. The molecule has 0 aliphatic carbocycles. The van der Waals surface area contributed by atoms with E-state index in [0.29, 0.717) is 10.6 Å². The molecule has 4 rings (SSSR count). The smallest absolute Gasteiger partial charge is 0.330 e. The summed E-state index contributed by atoms with van der Waals surface area (Å²) < 4.78 is 19.4. The molecule has 0 radical (unpaired) electrons. The van der Waals surface area contributed by atoms with Gasteiger partial charge in [0.2, 0.25) is 0 Å². The fourth-order valence-electron chi connectivity index (χ4n) is 3.00. The highest BCUT2D eigenvalue weighted by molar-refractivity contribution is 7.74. The van der Waals surface area contributed by atoms with Crippen molar-refractivity contribution in [1.29, 1.82) is 0 Å². The van der Waals surface area contributed by atoms with Gasteiger partial charge in [-0.2, -0.15) is 0 Å². The summed E-state index contributed by atoms with van der Waals surface area (Å²) in [7, 11) is -3.32. The molecule has 4 heteroatoms. The van der Waals surface area contributed by atoms with Crippen LogP contribution in [0.1, 0.15) is 5.56 Å². The zero-order chi connectivity index (χ0) is 18.5. The van der Waals surface area contributed by atoms with E-state index in [-0.39, 0.29) is 0 Å². The molecule has 0 atom stereocenters. The number of nitrogens with zero attached hydrogens (tertiary/aromatic N) is 1. The average Bonchev–Trinajstić information content (AvgIpc) is 2.75. The van der Waals surface area contributed by atoms with Crippen molar-refractivity contribution < 1.29 is 9.19 Å². The SMILES string of the molecule is O=P(O/N=C/c1cccc2ccccc12)(c1ccccc1)c1ccccc1. The van der Waals surface area contributed by atoms with E-state index in [0.717, 1.165) is 16.3 Å². The number of benzene rings is 4. The van der Waals surface area contributed by atoms with Gasteiger partial charge in [0.15, 0.2) is 0 Å². The summed E-state index contributed by atoms with van der Waals surface area (Å²) in [5.41, 5.74) is 0.917. The molecule has 4 aromatic carbocycles. The summed E-state index contributed by atoms with van der Waals surface area (Å²) in [5.74, 6) is 0. The van der Waals surface area contributed by atoms with Crippen LogP contribution in [0.3, 0.4) is 0 Å². The number of hydrogen-bond acceptors (Lipinski definition) is 3. The molecule has 0 saturated carbocycles. The minimum atomic E-state index is -3.32. The molecule has 0 aliphatic rings. The van der Waals surface area contributed by atoms with Crippen LogP contribution in [-0.4, -0.2) is 6.21 Å². The average molecular weight is 371 g/mol. The summed E-state index contributed by atoms with van der Waals surface area (Å²) in [4.78, 5) is 0. The van der Waals surface area contributed by atoms with Crippen LogP contribution >= 0.6 is 7.37 Å². The second-order valence-corrected chi connectivity index (χ2v) is 8.41. The first-order valence-corrected chi connectivity index (χ1v) is 10.3. The Morgan fingerprint density at radius 2 is 1.22 bits per heavy atom. The second kappa shape index (κ2) is 7.61. The van der Waals surface area contributed by atoms with Gasteiger partial charge >= 0.3 is 7.37 Å². The Bertz CT molecular complexity index is 1080. The second-order valence-electron chi connectivity index (χ2n) is 6.11. The van der Waals surface area contributed by atoms with Crippen molar-refractivity contribution in [2.75, 3.05) is 0 Å². The molecule has 0 N–H and O–H groups in total. The minimum absolute atomic E-state index is 0.617. The van der Waals surface area contributed by atoms with E-state index in [1.54, 1.807) is 30.5 Å². The van der Waals surface area contributed by atoms with Crippen molar-refractivity contribution in [2.45, 2.75) is 0 Å². The lowest BCUT2D eigenvalue weighted by atomic mass is 10.1. The Morgan fingerprint density at radius 1 is 0.667 bits per heavy atom. The van der Waals surface area contributed by atoms with Crippen LogP contribution in [0.25, 0.3) is 10.8 Å². The predicted molar refractivity (Wildman–Crippen MR) is 112 cm³/mol. The van der Waals surface area contributed by atoms with Crippen molar-refractivity contribution in [3.63, 3.8) is 0 Å². The fourth-order valence-corrected chi connectivity index (χ4v) is 4.80. The van der Waals surface area contributed by atoms with Gasteiger partial charge in [0.1, 0.15) is 0 Å². The van der Waals surface area contributed by atoms with Gasteiger partial charge in [-0.25, -0.2) is 0 Å². The molecule has 4 aromatic rings. The Balaban J connectivity index is 1.71. The Morgan fingerprint density at radius 3 is 1.89 bits per heavy atom. The van der Waals surface area contributed by atoms with Crippen molar-refractivity contribution in [1.82, 2.24) is 0 Å². The number of fused-ring (bicyclic) bond motifs is 1. The van der Waals surface area contributed by atoms with Crippen LogP contribution in [0.5, 0.6) is 0 Å². The lowest BCUT2D eigenvalue weighted by molar-refractivity contribution is 0.351. The molecule has 3 nitrogen and oxygen atoms in total. The molecule has 0 fully saturated rings. The zero-order valence-electron chi connectivity index (χ0n) is 14.6. The normalized spacial score (nSPS) is 11.7. The maximum atomic E-state index is 13.7. The van der Waals surface area contributed by atoms with Crippen LogP contribution in [-0.2, 0) is 9.19 Å². The van der Waals surface area contributed by atoms with E-state index < -0.39 is 7.37 Å². The largest absolute Gasteiger partial charge is 0.330 e. The molecule has 0 saturated heterocycles. The lowest BCUT2D eigenvalue weighted by Crippen LogP contribution is -2.16. The van der Waals surface area contributed by atoms with Crippen molar-refractivity contribution in [3.8, 4) is 0 Å². The van der Waals surface area contributed by atoms with E-state index in [9.17, 15) is 4.57 Å². The first-order valence-electron chi connectivity index (χ1n) is 8.68. The van der Waals surface area contributed by atoms with Gasteiger partial charge in [-0.1, -0.05) is 84.0 Å². The van der Waals surface area contributed by atoms with E-state index in [1.807, 2.05) is 78.9 Å². The van der Waals surface area contributed by atoms with Gasteiger partial charge in [-0.05, 0) is 35.0 Å². The van der Waals surface area contributed by atoms with Crippen LogP contribution in [0.15, 0.2) is 108 Å². The highest BCUT2D eigenvalue weighted by Crippen LogP contribution is 2.44. The number of hydrogen-bond donors (Lipinski definition) is 0. The van der Waals surface area contributed by atoms with Gasteiger partial charge in [-0.15, -0.1) is 0 Å². The first kappa shape index (κ1) is 17.3. The Kier molecular flexibility index (Phi) is 4.86. The minimum Gasteiger partial charge on any atom is -0.330 e. The van der Waals surface area contributed by atoms with E-state index in [1.165, 1.54) is 0 Å². The summed E-state index contributed by atoms with van der Waals surface area (Å²) >= 11 is 0. The van der Waals surface area contributed by atoms with Crippen LogP contribution in [0.4, 0.5) is 0 Å². The molecule has 0 unspecified atom stereocenters. The molecular weight excluding hydrogens is 353 g/mol. The molecule has 0 bridgehead atoms. The predicted octanol–water partition coefficient (Wildman–Crippen LogP) is 5.12. The van der Waals surface area contributed by atoms with Crippen molar-refractivity contribution in [2.24, 2.45) is 5.16 Å². The summed E-state index contributed by atoms with van der Waals surface area (Å²) in [6.45, 7) is 0. The van der Waals surface area contributed by atoms with Gasteiger partial charge in [0, 0.05) is 5.56 Å². The molecule has 0 amide bonds. The third-order valence-corrected chi connectivity index (χ3v) is 6.65. The molecule has 27 heavy (non-hydrogen) atoms. The summed E-state index contributed by atoms with van der Waals surface area (Å²) in [6, 6.07) is 32.4. The van der Waals surface area contributed by atoms with Gasteiger partial charge in [0.25, 0.3) is 0 Å². The third-order valence-electron chi connectivity index (χ3n) is 4.37. The Labute approximate surface area is 158 Å². The Hall–Kier alpha value is -3.16. The molecule has 0 aliphatic heterocycles. The van der Waals surface area contributed by atoms with Crippen LogP contribution in [0, 0.1) is 0 Å². The van der Waals surface area contributed by atoms with E-state index >= 15 is 0 Å². The molecule has 0 heterocycles. The van der Waals surface area contributed by atoms with Crippen LogP contribution < -0.4 is 10.6 Å². The van der Waals surface area contributed by atoms with Crippen LogP contribution in [0.2, 0.25) is 0 Å². The van der Waals surface area contributed by atoms with Crippen molar-refractivity contribution in [3.05, 3.63) is 109 Å². The van der Waals surface area contributed by atoms with Gasteiger partial charge in [0.05, 0.1) is 16.8 Å². The van der Waals surface area contributed by atoms with Gasteiger partial charge in [-0.3, -0.25) is 4.57 Å². The number of rotatable bonds is 5. The fraction of sp³-hybridized carbons (Fsp3) is 0. The third kappa shape index (κ3) is 3.55. The first-order chi connectivity index (χ1) is 13.3. The molecule has 0 aromatic heterocycles. The molecular formula is C23H18NO2P. The zero-order valence-corrected chi connectivity index (χ0v) is 15.5. The topological polar surface area (TPSA) is 38.7 Å². The highest BCUT2D eigenvalue weighted by Gasteiger charge is 2.29. The number of oxime groups is 1. The van der Waals surface area contributed by atoms with Crippen molar-refractivity contribution >= 4 is 35.0 Å². The van der Waals surface area contributed by atoms with E-state index in [2.05, 4.69) is 5.16 Å². The highest BCUT2D eigenvalue weighted by atomic mass is 31.2. The maximum Gasteiger partial charge on any atom is 0.330 e. The lowest BCUT2D eigenvalue weighted by Gasteiger charge is -2.16. The van der Waals surface area contributed by atoms with Gasteiger partial charge < -0.3 is 4.62 Å². The molecule has 0 spiro atoms. The molecule has 132 valence electrons.